The van der Waals surface area contributed by atoms with Crippen LogP contribution in [0, 0.1) is 5.92 Å². The lowest BCUT2D eigenvalue weighted by Crippen LogP contribution is -2.12. The molecule has 180 valence electrons. The molecule has 0 heterocycles. The summed E-state index contributed by atoms with van der Waals surface area (Å²) in [6, 6.07) is 0. The van der Waals surface area contributed by atoms with Gasteiger partial charge in [-0.25, -0.2) is 4.18 Å². The van der Waals surface area contributed by atoms with E-state index in [2.05, 4.69) is 30.2 Å². The normalized spacial score (nSPS) is 13.3. The second-order valence-electron chi connectivity index (χ2n) is 8.78. The van der Waals surface area contributed by atoms with Crippen LogP contribution in [-0.2, 0) is 14.6 Å². The Morgan fingerprint density at radius 2 is 1.13 bits per heavy atom. The molecule has 1 unspecified atom stereocenters. The lowest BCUT2D eigenvalue weighted by Gasteiger charge is -2.12. The second kappa shape index (κ2) is 21.8. The molecule has 0 spiro atoms. The summed E-state index contributed by atoms with van der Waals surface area (Å²) in [5, 5.41) is 0. The number of hydrogen-bond acceptors (Lipinski definition) is 3. The summed E-state index contributed by atoms with van der Waals surface area (Å²) >= 11 is 0. The van der Waals surface area contributed by atoms with E-state index in [-0.39, 0.29) is 12.5 Å². The quantitative estimate of drug-likeness (QED) is 0.0971. The first-order chi connectivity index (χ1) is 14.5. The standard InChI is InChI=1S/C25H50O4S/c1-3-5-7-9-11-13-14-15-17-19-21-23-25(24-29-30(26,27)28)22-20-18-16-12-10-8-6-4-2/h21,23,25H,3-20,22,24H2,1-2H3,(H,26,27,28)/b23-21+. The van der Waals surface area contributed by atoms with Crippen molar-refractivity contribution in [2.75, 3.05) is 6.61 Å². The molecule has 4 nitrogen and oxygen atoms in total. The summed E-state index contributed by atoms with van der Waals surface area (Å²) in [5.41, 5.74) is 0. The molecule has 0 aromatic rings. The van der Waals surface area contributed by atoms with Crippen molar-refractivity contribution in [1.82, 2.24) is 0 Å². The Balaban J connectivity index is 3.91. The molecule has 0 aliphatic heterocycles. The van der Waals surface area contributed by atoms with E-state index in [1.807, 2.05) is 0 Å². The van der Waals surface area contributed by atoms with Crippen molar-refractivity contribution in [3.8, 4) is 0 Å². The average molecular weight is 447 g/mol. The summed E-state index contributed by atoms with van der Waals surface area (Å²) in [5.74, 6) is 0.0607. The highest BCUT2D eigenvalue weighted by Crippen LogP contribution is 2.17. The van der Waals surface area contributed by atoms with Crippen molar-refractivity contribution in [3.63, 3.8) is 0 Å². The molecule has 0 rings (SSSR count). The van der Waals surface area contributed by atoms with Gasteiger partial charge in [0.2, 0.25) is 0 Å². The molecule has 0 aromatic carbocycles. The fraction of sp³-hybridized carbons (Fsp3) is 0.920. The van der Waals surface area contributed by atoms with Crippen molar-refractivity contribution in [1.29, 1.82) is 0 Å². The maximum Gasteiger partial charge on any atom is 0.397 e. The van der Waals surface area contributed by atoms with Gasteiger partial charge in [-0.2, -0.15) is 8.42 Å². The molecule has 5 heteroatoms. The number of unbranched alkanes of at least 4 members (excludes halogenated alkanes) is 16. The first kappa shape index (κ1) is 29.6. The van der Waals surface area contributed by atoms with Gasteiger partial charge in [-0.15, -0.1) is 0 Å². The zero-order valence-electron chi connectivity index (χ0n) is 20.0. The average Bonchev–Trinajstić information content (AvgIpc) is 2.70. The Labute approximate surface area is 188 Å². The molecule has 1 atom stereocenters. The summed E-state index contributed by atoms with van der Waals surface area (Å²) < 4.78 is 35.3. The Morgan fingerprint density at radius 1 is 0.700 bits per heavy atom. The van der Waals surface area contributed by atoms with Gasteiger partial charge in [0.05, 0.1) is 6.61 Å². The highest BCUT2D eigenvalue weighted by atomic mass is 32.3. The van der Waals surface area contributed by atoms with Crippen LogP contribution >= 0.6 is 0 Å². The maximum absolute atomic E-state index is 10.9. The Morgan fingerprint density at radius 3 is 1.60 bits per heavy atom. The van der Waals surface area contributed by atoms with Crippen LogP contribution in [0.3, 0.4) is 0 Å². The third kappa shape index (κ3) is 23.9. The van der Waals surface area contributed by atoms with Gasteiger partial charge in [0, 0.05) is 5.92 Å². The second-order valence-corrected chi connectivity index (χ2v) is 9.87. The molecule has 0 radical (unpaired) electrons. The van der Waals surface area contributed by atoms with Crippen LogP contribution in [0.4, 0.5) is 0 Å². The fourth-order valence-electron chi connectivity index (χ4n) is 3.81. The van der Waals surface area contributed by atoms with Gasteiger partial charge >= 0.3 is 10.4 Å². The predicted octanol–water partition coefficient (Wildman–Crippen LogP) is 8.43. The Hall–Kier alpha value is -0.390. The molecule has 30 heavy (non-hydrogen) atoms. The molecule has 0 aromatic heterocycles. The third-order valence-corrected chi connectivity index (χ3v) is 6.18. The van der Waals surface area contributed by atoms with Gasteiger partial charge in [-0.05, 0) is 19.3 Å². The Bertz CT molecular complexity index is 474. The molecular formula is C25H50O4S. The van der Waals surface area contributed by atoms with Crippen LogP contribution in [0.2, 0.25) is 0 Å². The minimum absolute atomic E-state index is 0.0452. The zero-order valence-corrected chi connectivity index (χ0v) is 20.8. The van der Waals surface area contributed by atoms with Crippen molar-refractivity contribution in [3.05, 3.63) is 12.2 Å². The maximum atomic E-state index is 10.9. The van der Waals surface area contributed by atoms with Crippen LogP contribution in [0.1, 0.15) is 136 Å². The molecular weight excluding hydrogens is 396 g/mol. The van der Waals surface area contributed by atoms with Gasteiger partial charge in [0.25, 0.3) is 0 Å². The molecule has 0 saturated heterocycles. The molecule has 0 bridgehead atoms. The zero-order chi connectivity index (χ0) is 22.3. The van der Waals surface area contributed by atoms with Gasteiger partial charge in [0.15, 0.2) is 0 Å². The van der Waals surface area contributed by atoms with Crippen LogP contribution in [-0.4, -0.2) is 19.6 Å². The highest BCUT2D eigenvalue weighted by Gasteiger charge is 2.11. The number of hydrogen-bond donors (Lipinski definition) is 1. The molecule has 0 fully saturated rings. The van der Waals surface area contributed by atoms with E-state index in [9.17, 15) is 8.42 Å². The van der Waals surface area contributed by atoms with E-state index >= 15 is 0 Å². The lowest BCUT2D eigenvalue weighted by molar-refractivity contribution is 0.234. The molecule has 0 amide bonds. The first-order valence-corrected chi connectivity index (χ1v) is 14.1. The van der Waals surface area contributed by atoms with Crippen LogP contribution < -0.4 is 0 Å². The largest absolute Gasteiger partial charge is 0.397 e. The van der Waals surface area contributed by atoms with E-state index in [4.69, 9.17) is 4.55 Å². The van der Waals surface area contributed by atoms with E-state index < -0.39 is 10.4 Å². The Kier molecular flexibility index (Phi) is 21.5. The summed E-state index contributed by atoms with van der Waals surface area (Å²) in [6.45, 7) is 4.53. The SMILES string of the molecule is CCCCCCCCCCC/C=C/C(CCCCCCCCCC)COS(=O)(=O)O. The van der Waals surface area contributed by atoms with Crippen LogP contribution in [0.5, 0.6) is 0 Å². The minimum Gasteiger partial charge on any atom is -0.264 e. The molecule has 0 aliphatic rings. The smallest absolute Gasteiger partial charge is 0.264 e. The van der Waals surface area contributed by atoms with Crippen molar-refractivity contribution in [2.45, 2.75) is 136 Å². The van der Waals surface area contributed by atoms with Gasteiger partial charge < -0.3 is 0 Å². The van der Waals surface area contributed by atoms with E-state index in [0.717, 1.165) is 19.3 Å². The van der Waals surface area contributed by atoms with Crippen molar-refractivity contribution >= 4 is 10.4 Å². The van der Waals surface area contributed by atoms with Crippen LogP contribution in [0.25, 0.3) is 0 Å². The van der Waals surface area contributed by atoms with E-state index in [1.54, 1.807) is 0 Å². The van der Waals surface area contributed by atoms with Gasteiger partial charge in [0.1, 0.15) is 0 Å². The fourth-order valence-corrected chi connectivity index (χ4v) is 4.16. The monoisotopic (exact) mass is 446 g/mol. The molecule has 0 saturated carbocycles. The topological polar surface area (TPSA) is 63.6 Å². The minimum atomic E-state index is -4.36. The van der Waals surface area contributed by atoms with Crippen molar-refractivity contribution < 1.29 is 17.2 Å². The predicted molar refractivity (Wildman–Crippen MR) is 129 cm³/mol. The van der Waals surface area contributed by atoms with Gasteiger partial charge in [-0.1, -0.05) is 129 Å². The number of rotatable bonds is 23. The summed E-state index contributed by atoms with van der Waals surface area (Å²) in [7, 11) is -4.36. The number of allylic oxidation sites excluding steroid dienone is 1. The lowest BCUT2D eigenvalue weighted by atomic mass is 9.99. The van der Waals surface area contributed by atoms with Gasteiger partial charge in [-0.3, -0.25) is 4.55 Å². The summed E-state index contributed by atoms with van der Waals surface area (Å²) in [4.78, 5) is 0. The molecule has 1 N–H and O–H groups in total. The molecule has 0 aliphatic carbocycles. The summed E-state index contributed by atoms with van der Waals surface area (Å²) in [6.07, 6.45) is 28.2. The first-order valence-electron chi connectivity index (χ1n) is 12.8. The third-order valence-electron chi connectivity index (χ3n) is 5.74. The van der Waals surface area contributed by atoms with E-state index in [0.29, 0.717) is 0 Å². The van der Waals surface area contributed by atoms with E-state index in [1.165, 1.54) is 103 Å². The highest BCUT2D eigenvalue weighted by molar-refractivity contribution is 7.80. The van der Waals surface area contributed by atoms with Crippen LogP contribution in [0.15, 0.2) is 12.2 Å². The van der Waals surface area contributed by atoms with Crippen molar-refractivity contribution in [2.24, 2.45) is 5.92 Å².